The van der Waals surface area contributed by atoms with E-state index < -0.39 is 11.2 Å². The molecule has 3 nitrogen and oxygen atoms in total. The van der Waals surface area contributed by atoms with Crippen molar-refractivity contribution in [3.8, 4) is 11.5 Å². The van der Waals surface area contributed by atoms with Gasteiger partial charge in [-0.2, -0.15) is 0 Å². The van der Waals surface area contributed by atoms with E-state index in [0.717, 1.165) is 30.1 Å². The number of hydrogen-bond acceptors (Lipinski definition) is 3. The SMILES string of the molecule is CCCCCCCC[S+]([O-])C(C)Cc1ccc2c(c1)OCO2.[NaH]. The van der Waals surface area contributed by atoms with Gasteiger partial charge >= 0.3 is 29.6 Å². The van der Waals surface area contributed by atoms with Crippen molar-refractivity contribution in [3.63, 3.8) is 0 Å². The molecule has 5 heteroatoms. The Bertz CT molecular complexity index is 456. The quantitative estimate of drug-likeness (QED) is 0.367. The Balaban J connectivity index is 0.00000264. The molecular weight excluding hydrogens is 319 g/mol. The molecule has 0 fully saturated rings. The third-order valence-electron chi connectivity index (χ3n) is 4.11. The van der Waals surface area contributed by atoms with Gasteiger partial charge in [0.2, 0.25) is 6.79 Å². The van der Waals surface area contributed by atoms with Crippen LogP contribution in [0.15, 0.2) is 18.2 Å². The second-order valence-corrected chi connectivity index (χ2v) is 8.03. The first-order chi connectivity index (χ1) is 10.7. The summed E-state index contributed by atoms with van der Waals surface area (Å²) in [6.07, 6.45) is 8.32. The normalized spacial score (nSPS) is 15.1. The first-order valence-electron chi connectivity index (χ1n) is 8.46. The number of rotatable bonds is 10. The Morgan fingerprint density at radius 2 is 1.78 bits per heavy atom. The van der Waals surface area contributed by atoms with Crippen LogP contribution in [0.3, 0.4) is 0 Å². The van der Waals surface area contributed by atoms with Crippen molar-refractivity contribution in [1.29, 1.82) is 0 Å². The third-order valence-corrected chi connectivity index (χ3v) is 5.86. The van der Waals surface area contributed by atoms with Gasteiger partial charge in [-0.1, -0.05) is 49.8 Å². The molecule has 0 radical (unpaired) electrons. The van der Waals surface area contributed by atoms with Crippen molar-refractivity contribution in [1.82, 2.24) is 0 Å². The summed E-state index contributed by atoms with van der Waals surface area (Å²) in [5.41, 5.74) is 1.17. The zero-order valence-corrected chi connectivity index (χ0v) is 14.6. The summed E-state index contributed by atoms with van der Waals surface area (Å²) in [7, 11) is 0. The van der Waals surface area contributed by atoms with Crippen molar-refractivity contribution >= 4 is 40.7 Å². The van der Waals surface area contributed by atoms with Crippen LogP contribution < -0.4 is 9.47 Å². The van der Waals surface area contributed by atoms with Gasteiger partial charge in [-0.25, -0.2) is 0 Å². The molecule has 0 aromatic heterocycles. The van der Waals surface area contributed by atoms with E-state index in [2.05, 4.69) is 13.8 Å². The molecule has 0 spiro atoms. The molecule has 1 aromatic rings. The summed E-state index contributed by atoms with van der Waals surface area (Å²) in [4.78, 5) is 0. The van der Waals surface area contributed by atoms with Gasteiger partial charge in [0.05, 0.1) is 0 Å². The number of ether oxygens (including phenoxy) is 2. The van der Waals surface area contributed by atoms with E-state index in [9.17, 15) is 4.55 Å². The van der Waals surface area contributed by atoms with Crippen LogP contribution in [0.5, 0.6) is 11.5 Å². The monoisotopic (exact) mass is 348 g/mol. The average Bonchev–Trinajstić information content (AvgIpc) is 2.98. The van der Waals surface area contributed by atoms with Crippen LogP contribution >= 0.6 is 0 Å². The summed E-state index contributed by atoms with van der Waals surface area (Å²) >= 11 is -0.743. The molecule has 2 atom stereocenters. The molecule has 126 valence electrons. The standard InChI is InChI=1S/C18H28O3S.Na.H/c1-3-4-5-6-7-8-11-22(19)15(2)12-16-9-10-17-18(13-16)21-14-20-17;;/h9-10,13,15H,3-8,11-12,14H2,1-2H3;;. The fourth-order valence-electron chi connectivity index (χ4n) is 2.72. The van der Waals surface area contributed by atoms with E-state index in [1.807, 2.05) is 18.2 Å². The zero-order chi connectivity index (χ0) is 15.8. The van der Waals surface area contributed by atoms with E-state index in [-0.39, 0.29) is 34.8 Å². The minimum absolute atomic E-state index is 0. The Morgan fingerprint density at radius 1 is 1.09 bits per heavy atom. The Kier molecular flexibility index (Phi) is 10.7. The van der Waals surface area contributed by atoms with Gasteiger partial charge in [-0.15, -0.1) is 0 Å². The van der Waals surface area contributed by atoms with Gasteiger partial charge in [-0.05, 0) is 37.5 Å². The maximum absolute atomic E-state index is 12.3. The van der Waals surface area contributed by atoms with E-state index in [0.29, 0.717) is 6.79 Å². The Hall–Kier alpha value is 0.130. The second-order valence-electron chi connectivity index (χ2n) is 6.05. The maximum atomic E-state index is 12.3. The molecule has 23 heavy (non-hydrogen) atoms. The van der Waals surface area contributed by atoms with Crippen LogP contribution in [-0.2, 0) is 17.6 Å². The summed E-state index contributed by atoms with van der Waals surface area (Å²) in [6, 6.07) is 6.01. The van der Waals surface area contributed by atoms with Crippen LogP contribution in [-0.4, -0.2) is 51.9 Å². The number of fused-ring (bicyclic) bond motifs is 1. The van der Waals surface area contributed by atoms with Crippen LogP contribution in [0.25, 0.3) is 0 Å². The molecule has 1 aromatic carbocycles. The second kappa shape index (κ2) is 11.6. The molecule has 0 bridgehead atoms. The van der Waals surface area contributed by atoms with E-state index in [1.165, 1.54) is 37.7 Å². The molecule has 0 saturated heterocycles. The predicted octanol–water partition coefficient (Wildman–Crippen LogP) is 3.81. The van der Waals surface area contributed by atoms with Crippen molar-refractivity contribution < 1.29 is 14.0 Å². The van der Waals surface area contributed by atoms with Crippen molar-refractivity contribution in [2.24, 2.45) is 0 Å². The molecule has 2 unspecified atom stereocenters. The van der Waals surface area contributed by atoms with Gasteiger partial charge in [0, 0.05) is 6.42 Å². The van der Waals surface area contributed by atoms with Gasteiger partial charge in [-0.3, -0.25) is 0 Å². The summed E-state index contributed by atoms with van der Waals surface area (Å²) in [5.74, 6) is 2.45. The zero-order valence-electron chi connectivity index (χ0n) is 13.8. The van der Waals surface area contributed by atoms with Crippen molar-refractivity contribution in [3.05, 3.63) is 23.8 Å². The molecule has 0 N–H and O–H groups in total. The van der Waals surface area contributed by atoms with Crippen LogP contribution in [0.4, 0.5) is 0 Å². The van der Waals surface area contributed by atoms with Gasteiger partial charge in [0.15, 0.2) is 11.5 Å². The Labute approximate surface area is 166 Å². The third kappa shape index (κ3) is 7.27. The summed E-state index contributed by atoms with van der Waals surface area (Å²) in [6.45, 7) is 4.61. The molecule has 1 aliphatic heterocycles. The van der Waals surface area contributed by atoms with E-state index in [4.69, 9.17) is 9.47 Å². The van der Waals surface area contributed by atoms with Crippen LogP contribution in [0.1, 0.15) is 57.9 Å². The first kappa shape index (κ1) is 21.2. The average molecular weight is 348 g/mol. The molecule has 0 amide bonds. The number of unbranched alkanes of at least 4 members (excludes halogenated alkanes) is 5. The van der Waals surface area contributed by atoms with Gasteiger partial charge in [0.1, 0.15) is 11.0 Å². The molecule has 0 saturated carbocycles. The fourth-order valence-corrected chi connectivity index (χ4v) is 3.99. The van der Waals surface area contributed by atoms with Crippen molar-refractivity contribution in [2.75, 3.05) is 12.5 Å². The molecular formula is C18H29NaO3S. The Morgan fingerprint density at radius 3 is 2.57 bits per heavy atom. The number of benzene rings is 1. The molecule has 0 aliphatic carbocycles. The van der Waals surface area contributed by atoms with Gasteiger partial charge < -0.3 is 14.0 Å². The topological polar surface area (TPSA) is 41.5 Å². The number of hydrogen-bond donors (Lipinski definition) is 0. The molecule has 1 heterocycles. The van der Waals surface area contributed by atoms with Crippen LogP contribution in [0.2, 0.25) is 0 Å². The molecule has 2 rings (SSSR count). The van der Waals surface area contributed by atoms with E-state index >= 15 is 0 Å². The first-order valence-corrected chi connectivity index (χ1v) is 9.84. The minimum atomic E-state index is -0.743. The summed E-state index contributed by atoms with van der Waals surface area (Å²) < 4.78 is 23.0. The molecule has 1 aliphatic rings. The van der Waals surface area contributed by atoms with Crippen molar-refractivity contribution in [2.45, 2.75) is 64.0 Å². The van der Waals surface area contributed by atoms with E-state index in [1.54, 1.807) is 0 Å². The summed E-state index contributed by atoms with van der Waals surface area (Å²) in [5, 5.41) is 0.191. The predicted molar refractivity (Wildman–Crippen MR) is 99.3 cm³/mol. The van der Waals surface area contributed by atoms with Crippen LogP contribution in [0, 0.1) is 0 Å². The van der Waals surface area contributed by atoms with Gasteiger partial charge in [0.25, 0.3) is 0 Å². The fraction of sp³-hybridized carbons (Fsp3) is 0.667.